The molecule has 0 radical (unpaired) electrons. The molecule has 0 aromatic heterocycles. The summed E-state index contributed by atoms with van der Waals surface area (Å²) >= 11 is 1.89. The van der Waals surface area contributed by atoms with E-state index in [1.165, 1.54) is 98.1 Å². The highest BCUT2D eigenvalue weighted by molar-refractivity contribution is 7.99. The van der Waals surface area contributed by atoms with Crippen LogP contribution in [0.2, 0.25) is 0 Å². The van der Waals surface area contributed by atoms with Crippen molar-refractivity contribution in [1.29, 1.82) is 0 Å². The van der Waals surface area contributed by atoms with Gasteiger partial charge in [0, 0.05) is 15.2 Å². The summed E-state index contributed by atoms with van der Waals surface area (Å²) in [6, 6.07) is 59.5. The highest BCUT2D eigenvalue weighted by atomic mass is 32.2. The molecule has 1 unspecified atom stereocenters. The molecule has 0 saturated carbocycles. The van der Waals surface area contributed by atoms with Gasteiger partial charge in [-0.05, 0) is 107 Å². The Bertz CT molecular complexity index is 2630. The van der Waals surface area contributed by atoms with Crippen LogP contribution in [-0.2, 0) is 5.41 Å². The monoisotopic (exact) mass is 598 g/mol. The topological polar surface area (TPSA) is 0 Å². The third kappa shape index (κ3) is 2.97. The first kappa shape index (κ1) is 24.9. The van der Waals surface area contributed by atoms with Gasteiger partial charge < -0.3 is 0 Å². The summed E-state index contributed by atoms with van der Waals surface area (Å²) in [5.74, 6) is 0. The van der Waals surface area contributed by atoms with E-state index in [0.29, 0.717) is 0 Å². The van der Waals surface area contributed by atoms with Crippen LogP contribution in [0.5, 0.6) is 0 Å². The molecule has 0 saturated heterocycles. The first-order chi connectivity index (χ1) is 22.8. The average Bonchev–Trinajstić information content (AvgIpc) is 3.59. The Morgan fingerprint density at radius 1 is 0.391 bits per heavy atom. The first-order valence-electron chi connectivity index (χ1n) is 16.0. The van der Waals surface area contributed by atoms with Gasteiger partial charge in [0.25, 0.3) is 0 Å². The number of benzene rings is 8. The molecule has 46 heavy (non-hydrogen) atoms. The van der Waals surface area contributed by atoms with E-state index in [-0.39, 0.29) is 0 Å². The number of hydrogen-bond donors (Lipinski definition) is 0. The number of fused-ring (bicyclic) bond motifs is 14. The van der Waals surface area contributed by atoms with Crippen LogP contribution in [0, 0.1) is 0 Å². The SMILES string of the molecule is c1ccc2c(c1)Sc1cccc3cc(-c4cccc5c4-c4ccccc4C54c5ccccc5-c5ccc6ccccc6c54)cc-2c13. The molecule has 11 rings (SSSR count). The second kappa shape index (κ2) is 8.88. The van der Waals surface area contributed by atoms with E-state index in [1.807, 2.05) is 11.8 Å². The van der Waals surface area contributed by atoms with Crippen LogP contribution in [0.15, 0.2) is 168 Å². The molecule has 0 amide bonds. The molecule has 0 N–H and O–H groups in total. The summed E-state index contributed by atoms with van der Waals surface area (Å²) in [5, 5.41) is 5.29. The summed E-state index contributed by atoms with van der Waals surface area (Å²) in [6.07, 6.45) is 0. The van der Waals surface area contributed by atoms with Crippen LogP contribution in [0.1, 0.15) is 22.3 Å². The highest BCUT2D eigenvalue weighted by Gasteiger charge is 2.52. The van der Waals surface area contributed by atoms with Crippen molar-refractivity contribution in [2.75, 3.05) is 0 Å². The van der Waals surface area contributed by atoms with Crippen LogP contribution in [0.25, 0.3) is 66.1 Å². The van der Waals surface area contributed by atoms with Crippen LogP contribution in [0.4, 0.5) is 0 Å². The Kier molecular flexibility index (Phi) is 4.80. The van der Waals surface area contributed by atoms with Crippen molar-refractivity contribution in [3.63, 3.8) is 0 Å². The van der Waals surface area contributed by atoms with Crippen LogP contribution in [-0.4, -0.2) is 0 Å². The van der Waals surface area contributed by atoms with Crippen molar-refractivity contribution in [2.45, 2.75) is 15.2 Å². The van der Waals surface area contributed by atoms with Crippen molar-refractivity contribution in [3.05, 3.63) is 180 Å². The maximum Gasteiger partial charge on any atom is 0.0731 e. The van der Waals surface area contributed by atoms with Crippen molar-refractivity contribution in [2.24, 2.45) is 0 Å². The lowest BCUT2D eigenvalue weighted by Gasteiger charge is -2.31. The maximum absolute atomic E-state index is 2.46. The Morgan fingerprint density at radius 3 is 1.96 bits per heavy atom. The molecule has 1 aliphatic heterocycles. The minimum Gasteiger partial charge on any atom is -0.0888 e. The van der Waals surface area contributed by atoms with E-state index in [2.05, 4.69) is 158 Å². The summed E-state index contributed by atoms with van der Waals surface area (Å²) in [7, 11) is 0. The Hall–Kier alpha value is -5.37. The Balaban J connectivity index is 1.28. The van der Waals surface area contributed by atoms with Gasteiger partial charge in [0.1, 0.15) is 0 Å². The second-order valence-electron chi connectivity index (χ2n) is 12.8. The molecule has 212 valence electrons. The van der Waals surface area contributed by atoms with Gasteiger partial charge in [-0.25, -0.2) is 0 Å². The quantitative estimate of drug-likeness (QED) is 0.181. The summed E-state index contributed by atoms with van der Waals surface area (Å²) in [4.78, 5) is 2.67. The van der Waals surface area contributed by atoms with E-state index in [1.54, 1.807) is 0 Å². The fraction of sp³-hybridized carbons (Fsp3) is 0.0222. The van der Waals surface area contributed by atoms with Crippen LogP contribution >= 0.6 is 11.8 Å². The van der Waals surface area contributed by atoms with Gasteiger partial charge in [0.15, 0.2) is 0 Å². The van der Waals surface area contributed by atoms with E-state index in [9.17, 15) is 0 Å². The second-order valence-corrected chi connectivity index (χ2v) is 13.8. The van der Waals surface area contributed by atoms with E-state index >= 15 is 0 Å². The molecule has 2 aliphatic carbocycles. The molecule has 8 aromatic carbocycles. The molecule has 1 atom stereocenters. The highest BCUT2D eigenvalue weighted by Crippen LogP contribution is 2.65. The zero-order valence-corrected chi connectivity index (χ0v) is 25.7. The zero-order valence-electron chi connectivity index (χ0n) is 24.9. The lowest BCUT2D eigenvalue weighted by molar-refractivity contribution is 0.801. The largest absolute Gasteiger partial charge is 0.0888 e. The standard InChI is InChI=1S/C45H26S/c1-2-13-31-27(11-1)23-24-34-32-14-3-6-18-37(32)45(44(31)34)38-19-7-4-16-35(38)43-30(17-10-20-39(43)45)29-25-28-12-9-22-41-42(28)36(26-29)33-15-5-8-21-40(33)46-41/h1-26H. The van der Waals surface area contributed by atoms with Crippen molar-refractivity contribution < 1.29 is 0 Å². The Morgan fingerprint density at radius 2 is 1.04 bits per heavy atom. The molecule has 1 spiro atoms. The van der Waals surface area contributed by atoms with Gasteiger partial charge in [-0.15, -0.1) is 0 Å². The van der Waals surface area contributed by atoms with Gasteiger partial charge in [-0.2, -0.15) is 0 Å². The molecule has 1 heteroatoms. The van der Waals surface area contributed by atoms with Crippen molar-refractivity contribution >= 4 is 33.3 Å². The summed E-state index contributed by atoms with van der Waals surface area (Å²) in [5.41, 5.74) is 15.8. The molecule has 8 aromatic rings. The van der Waals surface area contributed by atoms with Crippen molar-refractivity contribution in [1.82, 2.24) is 0 Å². The van der Waals surface area contributed by atoms with Gasteiger partial charge >= 0.3 is 0 Å². The zero-order chi connectivity index (χ0) is 30.0. The van der Waals surface area contributed by atoms with Crippen molar-refractivity contribution in [3.8, 4) is 44.5 Å². The lowest BCUT2D eigenvalue weighted by Crippen LogP contribution is -2.26. The minimum absolute atomic E-state index is 0.393. The maximum atomic E-state index is 2.46. The normalized spacial score (nSPS) is 16.3. The van der Waals surface area contributed by atoms with Gasteiger partial charge in [0.2, 0.25) is 0 Å². The predicted molar refractivity (Wildman–Crippen MR) is 193 cm³/mol. The third-order valence-electron chi connectivity index (χ3n) is 10.6. The molecular formula is C45H26S. The minimum atomic E-state index is -0.393. The molecule has 0 bridgehead atoms. The fourth-order valence-electron chi connectivity index (χ4n) is 8.95. The molecular weight excluding hydrogens is 573 g/mol. The van der Waals surface area contributed by atoms with E-state index in [4.69, 9.17) is 0 Å². The number of hydrogen-bond acceptors (Lipinski definition) is 1. The lowest BCUT2D eigenvalue weighted by atomic mass is 9.69. The van der Waals surface area contributed by atoms with Gasteiger partial charge in [0.05, 0.1) is 5.41 Å². The smallest absolute Gasteiger partial charge is 0.0731 e. The van der Waals surface area contributed by atoms with Crippen LogP contribution < -0.4 is 0 Å². The molecule has 0 fully saturated rings. The summed E-state index contributed by atoms with van der Waals surface area (Å²) < 4.78 is 0. The first-order valence-corrected chi connectivity index (χ1v) is 16.8. The summed E-state index contributed by atoms with van der Waals surface area (Å²) in [6.45, 7) is 0. The predicted octanol–water partition coefficient (Wildman–Crippen LogP) is 12.1. The van der Waals surface area contributed by atoms with E-state index < -0.39 is 5.41 Å². The third-order valence-corrected chi connectivity index (χ3v) is 11.8. The molecule has 1 heterocycles. The van der Waals surface area contributed by atoms with E-state index in [0.717, 1.165) is 0 Å². The van der Waals surface area contributed by atoms with Gasteiger partial charge in [-0.1, -0.05) is 145 Å². The molecule has 0 nitrogen and oxygen atoms in total. The van der Waals surface area contributed by atoms with Crippen LogP contribution in [0.3, 0.4) is 0 Å². The Labute approximate surface area is 272 Å². The number of rotatable bonds is 1. The molecule has 3 aliphatic rings. The van der Waals surface area contributed by atoms with Gasteiger partial charge in [-0.3, -0.25) is 0 Å². The average molecular weight is 599 g/mol. The fourth-order valence-corrected chi connectivity index (χ4v) is 10.1.